The second-order valence-corrected chi connectivity index (χ2v) is 6.51. The van der Waals surface area contributed by atoms with Crippen LogP contribution in [0.3, 0.4) is 0 Å². The minimum Gasteiger partial charge on any atom is -0.348 e. The second-order valence-electron chi connectivity index (χ2n) is 6.51. The van der Waals surface area contributed by atoms with E-state index in [2.05, 4.69) is 25.8 Å². The van der Waals surface area contributed by atoms with E-state index >= 15 is 0 Å². The van der Waals surface area contributed by atoms with Gasteiger partial charge in [0.15, 0.2) is 5.79 Å². The van der Waals surface area contributed by atoms with Crippen molar-refractivity contribution in [2.45, 2.75) is 26.1 Å². The highest BCUT2D eigenvalue weighted by Gasteiger charge is 2.32. The predicted molar refractivity (Wildman–Crippen MR) is 96.4 cm³/mol. The van der Waals surface area contributed by atoms with E-state index in [-0.39, 0.29) is 17.9 Å². The van der Waals surface area contributed by atoms with Crippen molar-refractivity contribution in [3.63, 3.8) is 0 Å². The van der Waals surface area contributed by atoms with Crippen molar-refractivity contribution in [3.05, 3.63) is 36.5 Å². The van der Waals surface area contributed by atoms with Gasteiger partial charge in [-0.3, -0.25) is 5.32 Å². The predicted octanol–water partition coefficient (Wildman–Crippen LogP) is 2.45. The second kappa shape index (κ2) is 8.20. The molecule has 138 valence electrons. The van der Waals surface area contributed by atoms with Crippen molar-refractivity contribution in [2.24, 2.45) is 5.92 Å². The lowest BCUT2D eigenvalue weighted by molar-refractivity contribution is -0.153. The first kappa shape index (κ1) is 18.2. The van der Waals surface area contributed by atoms with Gasteiger partial charge in [0.2, 0.25) is 0 Å². The molecule has 2 aromatic rings. The zero-order chi connectivity index (χ0) is 18.4. The molecule has 1 fully saturated rings. The van der Waals surface area contributed by atoms with Gasteiger partial charge in [0.25, 0.3) is 5.95 Å². The first-order valence-corrected chi connectivity index (χ1v) is 8.62. The molecule has 1 aromatic carbocycles. The van der Waals surface area contributed by atoms with Gasteiger partial charge in [-0.1, -0.05) is 37.3 Å². The largest absolute Gasteiger partial charge is 0.348 e. The molecule has 1 atom stereocenters. The van der Waals surface area contributed by atoms with E-state index in [9.17, 15) is 4.79 Å². The summed E-state index contributed by atoms with van der Waals surface area (Å²) >= 11 is 0. The summed E-state index contributed by atoms with van der Waals surface area (Å²) in [6.07, 6.45) is 2.26. The Hall–Kier alpha value is -2.58. The van der Waals surface area contributed by atoms with Gasteiger partial charge in [-0.25, -0.2) is 9.78 Å². The maximum atomic E-state index is 12.1. The summed E-state index contributed by atoms with van der Waals surface area (Å²) < 4.78 is 11.2. The topological polar surface area (TPSA) is 98.3 Å². The number of nitrogens with zero attached hydrogens (tertiary/aromatic N) is 3. The lowest BCUT2D eigenvalue weighted by atomic mass is 10.0. The third kappa shape index (κ3) is 4.96. The van der Waals surface area contributed by atoms with Crippen molar-refractivity contribution in [2.75, 3.05) is 25.1 Å². The number of nitrogens with one attached hydrogen (secondary N) is 2. The lowest BCUT2D eigenvalue weighted by Gasteiger charge is -2.25. The number of ether oxygens (including phenoxy) is 2. The van der Waals surface area contributed by atoms with Crippen LogP contribution in [-0.4, -0.2) is 46.8 Å². The van der Waals surface area contributed by atoms with Gasteiger partial charge in [-0.2, -0.15) is 5.10 Å². The molecular weight excluding hydrogens is 334 g/mol. The van der Waals surface area contributed by atoms with Gasteiger partial charge in [0.05, 0.1) is 25.1 Å². The molecule has 8 nitrogen and oxygen atoms in total. The van der Waals surface area contributed by atoms with Gasteiger partial charge in [0, 0.05) is 18.5 Å². The van der Waals surface area contributed by atoms with Crippen LogP contribution in [0, 0.1) is 5.92 Å². The summed E-state index contributed by atoms with van der Waals surface area (Å²) in [4.78, 5) is 16.4. The van der Waals surface area contributed by atoms with Crippen molar-refractivity contribution < 1.29 is 14.3 Å². The SMILES string of the molecule is C[C@H](CNC(=O)Nc1nncc(-c2ccccc2)n1)CC1(C)OCCO1. The maximum Gasteiger partial charge on any atom is 0.321 e. The highest BCUT2D eigenvalue weighted by Crippen LogP contribution is 2.26. The van der Waals surface area contributed by atoms with E-state index in [1.807, 2.05) is 44.2 Å². The molecule has 0 spiro atoms. The van der Waals surface area contributed by atoms with Gasteiger partial charge in [-0.05, 0) is 12.8 Å². The van der Waals surface area contributed by atoms with Crippen LogP contribution in [0.25, 0.3) is 11.3 Å². The van der Waals surface area contributed by atoms with E-state index in [1.54, 1.807) is 6.20 Å². The maximum absolute atomic E-state index is 12.1. The molecule has 2 N–H and O–H groups in total. The molecule has 1 aromatic heterocycles. The Morgan fingerprint density at radius 3 is 2.73 bits per heavy atom. The van der Waals surface area contributed by atoms with E-state index < -0.39 is 5.79 Å². The monoisotopic (exact) mass is 357 g/mol. The summed E-state index contributed by atoms with van der Waals surface area (Å²) in [6, 6.07) is 9.22. The molecule has 26 heavy (non-hydrogen) atoms. The van der Waals surface area contributed by atoms with E-state index in [0.29, 0.717) is 31.9 Å². The van der Waals surface area contributed by atoms with Crippen LogP contribution in [0.2, 0.25) is 0 Å². The number of rotatable bonds is 6. The van der Waals surface area contributed by atoms with Crippen LogP contribution in [-0.2, 0) is 9.47 Å². The summed E-state index contributed by atoms with van der Waals surface area (Å²) in [5, 5.41) is 13.2. The summed E-state index contributed by atoms with van der Waals surface area (Å²) in [5.74, 6) is -0.210. The van der Waals surface area contributed by atoms with Crippen LogP contribution < -0.4 is 10.6 Å². The van der Waals surface area contributed by atoms with E-state index in [1.165, 1.54) is 0 Å². The molecular formula is C18H23N5O3. The molecule has 1 aliphatic heterocycles. The van der Waals surface area contributed by atoms with Crippen LogP contribution >= 0.6 is 0 Å². The van der Waals surface area contributed by atoms with E-state index in [0.717, 1.165) is 5.56 Å². The minimum atomic E-state index is -0.561. The average molecular weight is 357 g/mol. The fourth-order valence-corrected chi connectivity index (χ4v) is 2.90. The Labute approximate surface area is 152 Å². The fraction of sp³-hybridized carbons (Fsp3) is 0.444. The molecule has 0 saturated carbocycles. The summed E-state index contributed by atoms with van der Waals surface area (Å²) in [6.45, 7) is 5.66. The molecule has 0 aliphatic carbocycles. The molecule has 0 unspecified atom stereocenters. The molecule has 0 radical (unpaired) electrons. The van der Waals surface area contributed by atoms with Crippen molar-refractivity contribution >= 4 is 12.0 Å². The fourth-order valence-electron chi connectivity index (χ4n) is 2.90. The van der Waals surface area contributed by atoms with Crippen LogP contribution in [0.15, 0.2) is 36.5 Å². The van der Waals surface area contributed by atoms with Gasteiger partial charge >= 0.3 is 6.03 Å². The molecule has 0 bridgehead atoms. The Morgan fingerprint density at radius 2 is 2.00 bits per heavy atom. The lowest BCUT2D eigenvalue weighted by Crippen LogP contribution is -2.36. The molecule has 1 saturated heterocycles. The minimum absolute atomic E-state index is 0.158. The zero-order valence-corrected chi connectivity index (χ0v) is 14.9. The summed E-state index contributed by atoms with van der Waals surface area (Å²) in [5.41, 5.74) is 1.55. The highest BCUT2D eigenvalue weighted by atomic mass is 16.7. The zero-order valence-electron chi connectivity index (χ0n) is 14.9. The Kier molecular flexibility index (Phi) is 5.75. The number of hydrogen-bond donors (Lipinski definition) is 2. The number of carbonyl (C=O) groups is 1. The quantitative estimate of drug-likeness (QED) is 0.824. The number of urea groups is 1. The highest BCUT2D eigenvalue weighted by molar-refractivity contribution is 5.87. The van der Waals surface area contributed by atoms with Crippen LogP contribution in [0.1, 0.15) is 20.3 Å². The number of anilines is 1. The Morgan fingerprint density at radius 1 is 1.27 bits per heavy atom. The van der Waals surface area contributed by atoms with Gasteiger partial charge < -0.3 is 14.8 Å². The Bertz CT molecular complexity index is 735. The first-order chi connectivity index (χ1) is 12.5. The number of hydrogen-bond acceptors (Lipinski definition) is 6. The molecule has 8 heteroatoms. The molecule has 3 rings (SSSR count). The molecule has 2 amide bonds. The van der Waals surface area contributed by atoms with Crippen molar-refractivity contribution in [1.29, 1.82) is 0 Å². The normalized spacial score (nSPS) is 16.8. The average Bonchev–Trinajstić information content (AvgIpc) is 3.07. The standard InChI is InChI=1S/C18H23N5O3/c1-13(10-18(2)25-8-9-26-18)11-19-17(24)22-16-21-15(12-20-23-16)14-6-4-3-5-7-14/h3-7,12-13H,8-11H2,1-2H3,(H2,19,21,22,23,24)/t13-/m0/s1. The van der Waals surface area contributed by atoms with Crippen molar-refractivity contribution in [1.82, 2.24) is 20.5 Å². The van der Waals surface area contributed by atoms with Crippen LogP contribution in [0.4, 0.5) is 10.7 Å². The number of benzene rings is 1. The first-order valence-electron chi connectivity index (χ1n) is 8.62. The number of amides is 2. The number of carbonyl (C=O) groups excluding carboxylic acids is 1. The third-order valence-corrected chi connectivity index (χ3v) is 4.08. The van der Waals surface area contributed by atoms with E-state index in [4.69, 9.17) is 9.47 Å². The summed E-state index contributed by atoms with van der Waals surface area (Å²) in [7, 11) is 0. The van der Waals surface area contributed by atoms with Gasteiger partial charge in [0.1, 0.15) is 0 Å². The molecule has 1 aliphatic rings. The Balaban J connectivity index is 1.50. The third-order valence-electron chi connectivity index (χ3n) is 4.08. The van der Waals surface area contributed by atoms with Gasteiger partial charge in [-0.15, -0.1) is 5.10 Å². The number of aromatic nitrogens is 3. The molecule has 2 heterocycles. The van der Waals surface area contributed by atoms with Crippen molar-refractivity contribution in [3.8, 4) is 11.3 Å². The smallest absolute Gasteiger partial charge is 0.321 e. The van der Waals surface area contributed by atoms with Crippen LogP contribution in [0.5, 0.6) is 0 Å².